The highest BCUT2D eigenvalue weighted by atomic mass is 16.6. The van der Waals surface area contributed by atoms with E-state index in [2.05, 4.69) is 0 Å². The molecule has 136 valence electrons. The summed E-state index contributed by atoms with van der Waals surface area (Å²) in [7, 11) is 0. The second kappa shape index (κ2) is 8.21. The number of non-ortho nitro benzene ring substituents is 1. The molecule has 2 rings (SSSR count). The first-order valence-electron chi connectivity index (χ1n) is 7.79. The first-order chi connectivity index (χ1) is 12.3. The summed E-state index contributed by atoms with van der Waals surface area (Å²) in [6, 6.07) is 7.23. The van der Waals surface area contributed by atoms with E-state index in [0.29, 0.717) is 5.75 Å². The Bertz CT molecular complexity index is 876. The Morgan fingerprint density at radius 1 is 1.00 bits per heavy atom. The van der Waals surface area contributed by atoms with Crippen molar-refractivity contribution in [3.05, 3.63) is 72.8 Å². The number of aliphatic hydroxyl groups is 1. The van der Waals surface area contributed by atoms with Crippen LogP contribution in [0.15, 0.2) is 30.3 Å². The van der Waals surface area contributed by atoms with Crippen LogP contribution in [0.5, 0.6) is 5.75 Å². The summed E-state index contributed by atoms with van der Waals surface area (Å²) >= 11 is 0. The normalized spacial score (nSPS) is 10.9. The maximum absolute atomic E-state index is 11.2. The van der Waals surface area contributed by atoms with Crippen molar-refractivity contribution in [2.45, 2.75) is 13.8 Å². The summed E-state index contributed by atoms with van der Waals surface area (Å²) in [5.41, 5.74) is 2.22. The summed E-state index contributed by atoms with van der Waals surface area (Å²) in [6.45, 7) is 3.85. The summed E-state index contributed by atoms with van der Waals surface area (Å²) in [5.74, 6) is 0.662. The van der Waals surface area contributed by atoms with E-state index in [-0.39, 0.29) is 30.2 Å². The zero-order valence-corrected chi connectivity index (χ0v) is 14.3. The molecular weight excluding hydrogens is 340 g/mol. The van der Waals surface area contributed by atoms with Gasteiger partial charge in [-0.25, -0.2) is 0 Å². The molecule has 0 heterocycles. The fourth-order valence-corrected chi connectivity index (χ4v) is 2.43. The zero-order chi connectivity index (χ0) is 19.3. The third-order valence-corrected chi connectivity index (χ3v) is 3.78. The third kappa shape index (κ3) is 4.42. The minimum atomic E-state index is -0.668. The van der Waals surface area contributed by atoms with Crippen molar-refractivity contribution in [3.8, 4) is 5.75 Å². The molecule has 0 radical (unpaired) electrons. The monoisotopic (exact) mass is 358 g/mol. The van der Waals surface area contributed by atoms with Crippen LogP contribution < -0.4 is 4.74 Å². The molecule has 1 N–H and O–H groups in total. The second-order valence-corrected chi connectivity index (χ2v) is 5.64. The molecule has 8 nitrogen and oxygen atoms in total. The van der Waals surface area contributed by atoms with Gasteiger partial charge in [-0.3, -0.25) is 20.2 Å². The Kier molecular flexibility index (Phi) is 6.03. The fraction of sp³-hybridized carbons (Fsp3) is 0.222. The highest BCUT2D eigenvalue weighted by molar-refractivity contribution is 5.76. The number of nitro groups is 2. The quantitative estimate of drug-likeness (QED) is 0.459. The molecule has 0 saturated heterocycles. The molecule has 0 saturated carbocycles. The highest BCUT2D eigenvalue weighted by Crippen LogP contribution is 2.28. The van der Waals surface area contributed by atoms with Crippen LogP contribution >= 0.6 is 0 Å². The first-order valence-corrected chi connectivity index (χ1v) is 7.79. The van der Waals surface area contributed by atoms with Gasteiger partial charge < -0.3 is 9.84 Å². The van der Waals surface area contributed by atoms with Crippen molar-refractivity contribution in [3.63, 3.8) is 0 Å². The Morgan fingerprint density at radius 2 is 1.69 bits per heavy atom. The number of benzene rings is 2. The van der Waals surface area contributed by atoms with Crippen LogP contribution in [0.1, 0.15) is 22.3 Å². The number of nitrogens with zero attached hydrogens (tertiary/aromatic N) is 2. The van der Waals surface area contributed by atoms with Gasteiger partial charge in [0.15, 0.2) is 0 Å². The number of hydrogen-bond acceptors (Lipinski definition) is 6. The lowest BCUT2D eigenvalue weighted by atomic mass is 10.0. The SMILES string of the molecule is Cc1cc(OCCO)c(C)cc1/C=C/c1ccc([N+](=O)[O-])cc1[N+](=O)[O-]. The third-order valence-electron chi connectivity index (χ3n) is 3.78. The summed E-state index contributed by atoms with van der Waals surface area (Å²) in [6.07, 6.45) is 3.27. The molecule has 2 aromatic rings. The fourth-order valence-electron chi connectivity index (χ4n) is 2.43. The average Bonchev–Trinajstić information content (AvgIpc) is 2.60. The molecule has 2 aromatic carbocycles. The molecule has 0 bridgehead atoms. The molecule has 0 amide bonds. The largest absolute Gasteiger partial charge is 0.491 e. The standard InChI is InChI=1S/C18H18N2O6/c1-12-10-18(26-8-7-21)13(2)9-15(12)4-3-14-5-6-16(19(22)23)11-17(14)20(24)25/h3-6,9-11,21H,7-8H2,1-2H3/b4-3+. The minimum absolute atomic E-state index is 0.0794. The summed E-state index contributed by atoms with van der Waals surface area (Å²) in [4.78, 5) is 20.7. The summed E-state index contributed by atoms with van der Waals surface area (Å²) < 4.78 is 5.44. The van der Waals surface area contributed by atoms with E-state index in [1.165, 1.54) is 12.1 Å². The van der Waals surface area contributed by atoms with Gasteiger partial charge in [0.05, 0.1) is 28.1 Å². The molecule has 0 aliphatic heterocycles. The maximum Gasteiger partial charge on any atom is 0.283 e. The lowest BCUT2D eigenvalue weighted by Crippen LogP contribution is -2.03. The molecule has 0 fully saturated rings. The Balaban J connectivity index is 2.36. The van der Waals surface area contributed by atoms with Gasteiger partial charge in [0.2, 0.25) is 0 Å². The van der Waals surface area contributed by atoms with Crippen LogP contribution in [0.3, 0.4) is 0 Å². The van der Waals surface area contributed by atoms with Crippen molar-refractivity contribution >= 4 is 23.5 Å². The molecule has 0 spiro atoms. The van der Waals surface area contributed by atoms with E-state index in [1.54, 1.807) is 12.2 Å². The van der Waals surface area contributed by atoms with Gasteiger partial charge >= 0.3 is 0 Å². The minimum Gasteiger partial charge on any atom is -0.491 e. The van der Waals surface area contributed by atoms with E-state index >= 15 is 0 Å². The van der Waals surface area contributed by atoms with Crippen LogP contribution in [0.4, 0.5) is 11.4 Å². The van der Waals surface area contributed by atoms with Crippen LogP contribution in [0.2, 0.25) is 0 Å². The van der Waals surface area contributed by atoms with Gasteiger partial charge in [-0.05, 0) is 54.8 Å². The van der Waals surface area contributed by atoms with Crippen molar-refractivity contribution < 1.29 is 19.7 Å². The lowest BCUT2D eigenvalue weighted by molar-refractivity contribution is -0.394. The average molecular weight is 358 g/mol. The van der Waals surface area contributed by atoms with Crippen LogP contribution in [-0.2, 0) is 0 Å². The number of aliphatic hydroxyl groups excluding tert-OH is 1. The van der Waals surface area contributed by atoms with Gasteiger partial charge in [-0.2, -0.15) is 0 Å². The number of nitro benzene ring substituents is 2. The second-order valence-electron chi connectivity index (χ2n) is 5.64. The van der Waals surface area contributed by atoms with Gasteiger partial charge in [0.25, 0.3) is 11.4 Å². The van der Waals surface area contributed by atoms with Gasteiger partial charge in [0.1, 0.15) is 12.4 Å². The maximum atomic E-state index is 11.2. The number of hydrogen-bond donors (Lipinski definition) is 1. The van der Waals surface area contributed by atoms with E-state index in [1.807, 2.05) is 26.0 Å². The Morgan fingerprint density at radius 3 is 2.31 bits per heavy atom. The molecule has 0 aliphatic rings. The molecule has 8 heteroatoms. The van der Waals surface area contributed by atoms with Gasteiger partial charge in [-0.1, -0.05) is 6.08 Å². The topological polar surface area (TPSA) is 116 Å². The van der Waals surface area contributed by atoms with Gasteiger partial charge in [0, 0.05) is 6.07 Å². The van der Waals surface area contributed by atoms with E-state index in [0.717, 1.165) is 22.8 Å². The number of rotatable bonds is 7. The highest BCUT2D eigenvalue weighted by Gasteiger charge is 2.17. The predicted octanol–water partition coefficient (Wildman–Crippen LogP) is 3.66. The molecule has 0 unspecified atom stereocenters. The van der Waals surface area contributed by atoms with Crippen molar-refractivity contribution in [2.75, 3.05) is 13.2 Å². The van der Waals surface area contributed by atoms with E-state index < -0.39 is 9.85 Å². The van der Waals surface area contributed by atoms with Gasteiger partial charge in [-0.15, -0.1) is 0 Å². The van der Waals surface area contributed by atoms with Crippen LogP contribution in [0.25, 0.3) is 12.2 Å². The Labute approximate surface area is 149 Å². The van der Waals surface area contributed by atoms with Crippen molar-refractivity contribution in [2.24, 2.45) is 0 Å². The van der Waals surface area contributed by atoms with Crippen LogP contribution in [0, 0.1) is 34.1 Å². The Hall–Kier alpha value is -3.26. The molecule has 26 heavy (non-hydrogen) atoms. The zero-order valence-electron chi connectivity index (χ0n) is 14.3. The smallest absolute Gasteiger partial charge is 0.283 e. The van der Waals surface area contributed by atoms with Crippen LogP contribution in [-0.4, -0.2) is 28.2 Å². The van der Waals surface area contributed by atoms with Crippen molar-refractivity contribution in [1.82, 2.24) is 0 Å². The molecule has 0 atom stereocenters. The molecule has 0 aliphatic carbocycles. The number of ether oxygens (including phenoxy) is 1. The van der Waals surface area contributed by atoms with E-state index in [4.69, 9.17) is 9.84 Å². The van der Waals surface area contributed by atoms with Crippen molar-refractivity contribution in [1.29, 1.82) is 0 Å². The van der Waals surface area contributed by atoms with E-state index in [9.17, 15) is 20.2 Å². The first kappa shape index (κ1) is 19.1. The predicted molar refractivity (Wildman–Crippen MR) is 97.2 cm³/mol. The lowest BCUT2D eigenvalue weighted by Gasteiger charge is -2.11. The summed E-state index contributed by atoms with van der Waals surface area (Å²) in [5, 5.41) is 30.8. The number of aryl methyl sites for hydroxylation is 2. The molecule has 0 aromatic heterocycles. The molecular formula is C18H18N2O6.